The van der Waals surface area contributed by atoms with E-state index < -0.39 is 0 Å². The molecular weight excluding hydrogens is 306 g/mol. The molecule has 0 saturated carbocycles. The summed E-state index contributed by atoms with van der Waals surface area (Å²) in [7, 11) is 0. The monoisotopic (exact) mass is 331 g/mol. The van der Waals surface area contributed by atoms with Crippen LogP contribution in [0.4, 0.5) is 5.95 Å². The first-order chi connectivity index (χ1) is 11.7. The van der Waals surface area contributed by atoms with Crippen LogP contribution in [-0.4, -0.2) is 70.9 Å². The van der Waals surface area contributed by atoms with Gasteiger partial charge in [-0.05, 0) is 25.7 Å². The molecule has 3 heterocycles. The number of anilines is 1. The molecular formula is C17H25N5O2. The van der Waals surface area contributed by atoms with Crippen LogP contribution < -0.4 is 4.90 Å². The second-order valence-corrected chi connectivity index (χ2v) is 6.46. The van der Waals surface area contributed by atoms with Crippen molar-refractivity contribution in [1.29, 1.82) is 0 Å². The molecule has 0 aliphatic carbocycles. The van der Waals surface area contributed by atoms with Crippen molar-refractivity contribution in [3.63, 3.8) is 0 Å². The van der Waals surface area contributed by atoms with Crippen LogP contribution in [0.1, 0.15) is 43.0 Å². The number of piperidine rings is 1. The fourth-order valence-electron chi connectivity index (χ4n) is 3.48. The molecule has 0 spiro atoms. The number of piperazine rings is 1. The van der Waals surface area contributed by atoms with Crippen LogP contribution in [0.25, 0.3) is 0 Å². The average Bonchev–Trinajstić information content (AvgIpc) is 2.67. The van der Waals surface area contributed by atoms with E-state index in [2.05, 4.69) is 21.8 Å². The van der Waals surface area contributed by atoms with E-state index >= 15 is 0 Å². The summed E-state index contributed by atoms with van der Waals surface area (Å²) in [4.78, 5) is 37.9. The molecule has 24 heavy (non-hydrogen) atoms. The van der Waals surface area contributed by atoms with Gasteiger partial charge < -0.3 is 14.7 Å². The molecule has 0 radical (unpaired) electrons. The largest absolute Gasteiger partial charge is 0.342 e. The van der Waals surface area contributed by atoms with Crippen LogP contribution >= 0.6 is 0 Å². The van der Waals surface area contributed by atoms with Gasteiger partial charge in [0.15, 0.2) is 0 Å². The summed E-state index contributed by atoms with van der Waals surface area (Å²) in [6.45, 7) is 5.46. The molecule has 1 atom stereocenters. The number of amides is 2. The van der Waals surface area contributed by atoms with Gasteiger partial charge in [-0.3, -0.25) is 9.59 Å². The zero-order valence-electron chi connectivity index (χ0n) is 14.2. The maximum atomic E-state index is 12.5. The van der Waals surface area contributed by atoms with Crippen molar-refractivity contribution in [2.45, 2.75) is 38.6 Å². The molecule has 2 fully saturated rings. The van der Waals surface area contributed by atoms with Gasteiger partial charge in [-0.15, -0.1) is 0 Å². The highest BCUT2D eigenvalue weighted by Crippen LogP contribution is 2.23. The van der Waals surface area contributed by atoms with Crippen molar-refractivity contribution in [2.75, 3.05) is 37.6 Å². The predicted molar refractivity (Wildman–Crippen MR) is 90.8 cm³/mol. The summed E-state index contributed by atoms with van der Waals surface area (Å²) in [6, 6.07) is 0.497. The van der Waals surface area contributed by atoms with Gasteiger partial charge in [0.1, 0.15) is 0 Å². The van der Waals surface area contributed by atoms with Gasteiger partial charge in [0.25, 0.3) is 5.91 Å². The minimum Gasteiger partial charge on any atom is -0.342 e. The van der Waals surface area contributed by atoms with Gasteiger partial charge in [0.2, 0.25) is 12.4 Å². The number of rotatable bonds is 4. The summed E-state index contributed by atoms with van der Waals surface area (Å²) in [6.07, 6.45) is 8.81. The van der Waals surface area contributed by atoms with Crippen LogP contribution in [0.2, 0.25) is 0 Å². The third-order valence-corrected chi connectivity index (χ3v) is 4.99. The van der Waals surface area contributed by atoms with E-state index in [1.165, 1.54) is 19.3 Å². The first kappa shape index (κ1) is 16.7. The van der Waals surface area contributed by atoms with E-state index in [0.29, 0.717) is 37.8 Å². The lowest BCUT2D eigenvalue weighted by molar-refractivity contribution is -0.119. The Balaban J connectivity index is 1.65. The molecule has 7 heteroatoms. The lowest BCUT2D eigenvalue weighted by Crippen LogP contribution is -2.48. The number of hydrogen-bond acceptors (Lipinski definition) is 5. The first-order valence-corrected chi connectivity index (χ1v) is 8.80. The SMILES string of the molecule is CCC1CCCCN1c1ncc(C(=O)N2CCN(C=O)CC2)cn1. The van der Waals surface area contributed by atoms with Crippen LogP contribution in [0.15, 0.2) is 12.4 Å². The van der Waals surface area contributed by atoms with E-state index in [-0.39, 0.29) is 5.91 Å². The van der Waals surface area contributed by atoms with Gasteiger partial charge >= 0.3 is 0 Å². The molecule has 3 rings (SSSR count). The first-order valence-electron chi connectivity index (χ1n) is 8.80. The third-order valence-electron chi connectivity index (χ3n) is 4.99. The Bertz CT molecular complexity index is 569. The third kappa shape index (κ3) is 3.49. The minimum atomic E-state index is -0.0576. The summed E-state index contributed by atoms with van der Waals surface area (Å²) < 4.78 is 0. The molecule has 0 aromatic carbocycles. The molecule has 1 unspecified atom stereocenters. The fourth-order valence-corrected chi connectivity index (χ4v) is 3.48. The van der Waals surface area contributed by atoms with Crippen LogP contribution in [0.5, 0.6) is 0 Å². The van der Waals surface area contributed by atoms with E-state index in [4.69, 9.17) is 0 Å². The van der Waals surface area contributed by atoms with Gasteiger partial charge in [-0.1, -0.05) is 6.92 Å². The number of aromatic nitrogens is 2. The van der Waals surface area contributed by atoms with E-state index in [0.717, 1.165) is 25.3 Å². The Hall–Kier alpha value is -2.18. The smallest absolute Gasteiger partial charge is 0.257 e. The zero-order valence-corrected chi connectivity index (χ0v) is 14.2. The van der Waals surface area contributed by atoms with Gasteiger partial charge in [0, 0.05) is 51.2 Å². The van der Waals surface area contributed by atoms with E-state index in [1.54, 1.807) is 22.2 Å². The Morgan fingerprint density at radius 3 is 2.50 bits per heavy atom. The summed E-state index contributed by atoms with van der Waals surface area (Å²) in [5, 5.41) is 0. The molecule has 0 N–H and O–H groups in total. The van der Waals surface area contributed by atoms with Crippen molar-refractivity contribution >= 4 is 18.3 Å². The molecule has 1 aromatic rings. The van der Waals surface area contributed by atoms with Crippen LogP contribution in [0.3, 0.4) is 0 Å². The molecule has 0 bridgehead atoms. The molecule has 2 aliphatic heterocycles. The second-order valence-electron chi connectivity index (χ2n) is 6.46. The molecule has 2 amide bonds. The average molecular weight is 331 g/mol. The highest BCUT2D eigenvalue weighted by molar-refractivity contribution is 5.93. The summed E-state index contributed by atoms with van der Waals surface area (Å²) in [5.74, 6) is 0.668. The fraction of sp³-hybridized carbons (Fsp3) is 0.647. The molecule has 7 nitrogen and oxygen atoms in total. The maximum absolute atomic E-state index is 12.5. The number of hydrogen-bond donors (Lipinski definition) is 0. The zero-order chi connectivity index (χ0) is 16.9. The lowest BCUT2D eigenvalue weighted by Gasteiger charge is -2.35. The topological polar surface area (TPSA) is 69.6 Å². The Labute approximate surface area is 142 Å². The number of carbonyl (C=O) groups excluding carboxylic acids is 2. The second kappa shape index (κ2) is 7.59. The normalized spacial score (nSPS) is 21.7. The van der Waals surface area contributed by atoms with Crippen LogP contribution in [-0.2, 0) is 4.79 Å². The lowest BCUT2D eigenvalue weighted by atomic mass is 10.0. The highest BCUT2D eigenvalue weighted by atomic mass is 16.2. The number of nitrogens with zero attached hydrogens (tertiary/aromatic N) is 5. The van der Waals surface area contributed by atoms with Gasteiger partial charge in [0.05, 0.1) is 5.56 Å². The van der Waals surface area contributed by atoms with E-state index in [1.807, 2.05) is 0 Å². The minimum absolute atomic E-state index is 0.0576. The van der Waals surface area contributed by atoms with Gasteiger partial charge in [-0.2, -0.15) is 0 Å². The highest BCUT2D eigenvalue weighted by Gasteiger charge is 2.25. The Morgan fingerprint density at radius 1 is 1.17 bits per heavy atom. The van der Waals surface area contributed by atoms with Crippen molar-refractivity contribution in [2.24, 2.45) is 0 Å². The quantitative estimate of drug-likeness (QED) is 0.775. The summed E-state index contributed by atoms with van der Waals surface area (Å²) >= 11 is 0. The molecule has 130 valence electrons. The van der Waals surface area contributed by atoms with Gasteiger partial charge in [-0.25, -0.2) is 9.97 Å². The number of carbonyl (C=O) groups is 2. The molecule has 2 saturated heterocycles. The van der Waals surface area contributed by atoms with E-state index in [9.17, 15) is 9.59 Å². The standard InChI is InChI=1S/C17H25N5O2/c1-2-15-5-3-4-6-22(15)17-18-11-14(12-19-17)16(24)21-9-7-20(13-23)8-10-21/h11-13,15H,2-10H2,1H3. The van der Waals surface area contributed by atoms with Crippen LogP contribution in [0, 0.1) is 0 Å². The molecule has 2 aliphatic rings. The van der Waals surface area contributed by atoms with Crippen molar-refractivity contribution in [3.8, 4) is 0 Å². The molecule has 1 aromatic heterocycles. The van der Waals surface area contributed by atoms with Crippen molar-refractivity contribution in [1.82, 2.24) is 19.8 Å². The van der Waals surface area contributed by atoms with Crippen molar-refractivity contribution < 1.29 is 9.59 Å². The Kier molecular flexibility index (Phi) is 5.27. The predicted octanol–water partition coefficient (Wildman–Crippen LogP) is 1.16. The maximum Gasteiger partial charge on any atom is 0.257 e. The van der Waals surface area contributed by atoms with Crippen molar-refractivity contribution in [3.05, 3.63) is 18.0 Å². The summed E-state index contributed by atoms with van der Waals surface area (Å²) in [5.41, 5.74) is 0.517. The Morgan fingerprint density at radius 2 is 1.88 bits per heavy atom.